The number of aliphatic carboxylic acids is 1. The third-order valence-electron chi connectivity index (χ3n) is 4.83. The van der Waals surface area contributed by atoms with Crippen molar-refractivity contribution < 1.29 is 49.8 Å². The van der Waals surface area contributed by atoms with Crippen LogP contribution in [0.5, 0.6) is 5.75 Å². The van der Waals surface area contributed by atoms with Crippen LogP contribution in [0.15, 0.2) is 0 Å². The van der Waals surface area contributed by atoms with Crippen molar-refractivity contribution in [2.24, 2.45) is 0 Å². The van der Waals surface area contributed by atoms with Crippen molar-refractivity contribution >= 4 is 85.6 Å². The maximum absolute atomic E-state index is 12.2. The summed E-state index contributed by atoms with van der Waals surface area (Å²) in [6.07, 6.45) is -6.47. The molecule has 1 aromatic carbocycles. The number of carboxylic acid groups (broad SMARTS) is 1. The second-order valence-corrected chi connectivity index (χ2v) is 10.6. The van der Waals surface area contributed by atoms with E-state index in [9.17, 15) is 24.6 Å². The molecule has 0 fully saturated rings. The summed E-state index contributed by atoms with van der Waals surface area (Å²) in [6.45, 7) is 1.12. The summed E-state index contributed by atoms with van der Waals surface area (Å²) >= 11 is 5.81. The lowest BCUT2D eigenvalue weighted by Gasteiger charge is -2.25. The van der Waals surface area contributed by atoms with Crippen LogP contribution in [0.4, 0.5) is 0 Å². The number of benzene rings is 1. The van der Waals surface area contributed by atoms with E-state index in [1.807, 2.05) is 67.8 Å². The van der Waals surface area contributed by atoms with Gasteiger partial charge < -0.3 is 51.3 Å². The molecule has 0 aliphatic heterocycles. The van der Waals surface area contributed by atoms with Gasteiger partial charge in [0.05, 0.1) is 31.0 Å². The van der Waals surface area contributed by atoms with Crippen LogP contribution in [0.2, 0.25) is 0 Å². The number of nitrogens with one attached hydrogen (secondary N) is 3. The first-order valence-electron chi connectivity index (χ1n) is 10.8. The van der Waals surface area contributed by atoms with Crippen LogP contribution in [0.3, 0.4) is 0 Å². The van der Waals surface area contributed by atoms with Crippen LogP contribution in [0.25, 0.3) is 0 Å². The third kappa shape index (κ3) is 10.1. The van der Waals surface area contributed by atoms with E-state index in [4.69, 9.17) is 25.2 Å². The van der Waals surface area contributed by atoms with Gasteiger partial charge in [0, 0.05) is 24.2 Å². The smallest absolute Gasteiger partial charge is 0.344 e. The van der Waals surface area contributed by atoms with Gasteiger partial charge in [-0.05, 0) is 81.2 Å². The Morgan fingerprint density at radius 3 is 1.59 bits per heavy atom. The Morgan fingerprint density at radius 1 is 0.838 bits per heavy atom. The minimum Gasteiger partial charge on any atom is -0.479 e. The molecule has 16 heteroatoms. The molecular weight excluding hydrogens is 835 g/mol. The summed E-state index contributed by atoms with van der Waals surface area (Å²) in [5.74, 6) is -1.63. The molecule has 1 unspecified atom stereocenters. The lowest BCUT2D eigenvalue weighted by molar-refractivity contribution is -0.145. The Hall–Kier alpha value is -0.620. The number of amides is 2. The van der Waals surface area contributed by atoms with E-state index >= 15 is 0 Å². The Kier molecular flexibility index (Phi) is 17.6. The molecule has 1 rings (SSSR count). The zero-order chi connectivity index (χ0) is 29.0. The van der Waals surface area contributed by atoms with Crippen LogP contribution < -0.4 is 20.7 Å². The molecule has 0 heterocycles. The predicted octanol–water partition coefficient (Wildman–Crippen LogP) is -0.897. The van der Waals surface area contributed by atoms with Crippen molar-refractivity contribution in [2.45, 2.75) is 43.9 Å². The molecule has 13 nitrogen and oxygen atoms in total. The van der Waals surface area contributed by atoms with Crippen molar-refractivity contribution in [3.05, 3.63) is 21.8 Å². The van der Waals surface area contributed by atoms with Crippen LogP contribution in [-0.2, 0) is 4.79 Å². The normalized spacial score (nSPS) is 14.8. The van der Waals surface area contributed by atoms with Gasteiger partial charge in [-0.3, -0.25) is 9.59 Å². The minimum absolute atomic E-state index is 0.0936. The first-order valence-corrected chi connectivity index (χ1v) is 14.0. The monoisotopic (exact) mass is 867 g/mol. The van der Waals surface area contributed by atoms with Gasteiger partial charge >= 0.3 is 5.97 Å². The van der Waals surface area contributed by atoms with E-state index in [0.29, 0.717) is 10.7 Å². The van der Waals surface area contributed by atoms with Crippen molar-refractivity contribution in [3.63, 3.8) is 0 Å². The van der Waals surface area contributed by atoms with Gasteiger partial charge in [0.15, 0.2) is 6.10 Å². The van der Waals surface area contributed by atoms with Crippen molar-refractivity contribution in [1.82, 2.24) is 16.0 Å². The van der Waals surface area contributed by atoms with Crippen LogP contribution in [-0.4, -0.2) is 113 Å². The number of rotatable bonds is 12. The molecular formula is C21H32I3N3O10. The number of aliphatic hydroxyl groups excluding tert-OH is 5. The topological polar surface area (TPSA) is 218 Å². The molecule has 0 aromatic heterocycles. The fourth-order valence-electron chi connectivity index (χ4n) is 2.74. The Labute approximate surface area is 255 Å². The zero-order valence-electron chi connectivity index (χ0n) is 20.5. The molecule has 0 radical (unpaired) electrons. The fraction of sp³-hybridized carbons (Fsp3) is 0.571. The molecule has 0 saturated carbocycles. The third-order valence-corrected chi connectivity index (χ3v) is 7.97. The van der Waals surface area contributed by atoms with Gasteiger partial charge in [-0.25, -0.2) is 4.79 Å². The van der Waals surface area contributed by atoms with Gasteiger partial charge in [-0.2, -0.15) is 0 Å². The van der Waals surface area contributed by atoms with Crippen molar-refractivity contribution in [3.8, 4) is 5.75 Å². The highest BCUT2D eigenvalue weighted by Crippen LogP contribution is 2.38. The first kappa shape index (κ1) is 36.4. The number of ether oxygens (including phenoxy) is 1. The largest absolute Gasteiger partial charge is 0.479 e. The number of aliphatic hydroxyl groups is 5. The Morgan fingerprint density at radius 2 is 1.27 bits per heavy atom. The van der Waals surface area contributed by atoms with Crippen molar-refractivity contribution in [1.29, 1.82) is 0 Å². The van der Waals surface area contributed by atoms with Crippen LogP contribution in [0, 0.1) is 10.7 Å². The van der Waals surface area contributed by atoms with Gasteiger partial charge in [0.25, 0.3) is 11.8 Å². The fourth-order valence-corrected chi connectivity index (χ4v) is 7.14. The molecule has 0 bridgehead atoms. The Balaban J connectivity index is 0.000000845. The first-order chi connectivity index (χ1) is 17.2. The molecule has 37 heavy (non-hydrogen) atoms. The van der Waals surface area contributed by atoms with E-state index in [1.165, 1.54) is 14.1 Å². The number of carbonyl (C=O) groups is 3. The maximum atomic E-state index is 12.2. The molecule has 1 aromatic rings. The number of halogens is 3. The second kappa shape index (κ2) is 17.9. The molecule has 5 atom stereocenters. The van der Waals surface area contributed by atoms with Crippen LogP contribution in [0.1, 0.15) is 34.1 Å². The highest BCUT2D eigenvalue weighted by molar-refractivity contribution is 14.1. The van der Waals surface area contributed by atoms with E-state index in [-0.39, 0.29) is 41.7 Å². The van der Waals surface area contributed by atoms with Gasteiger partial charge in [-0.1, -0.05) is 6.92 Å². The average molecular weight is 867 g/mol. The summed E-state index contributed by atoms with van der Waals surface area (Å²) in [6, 6.07) is 0. The molecule has 9 N–H and O–H groups in total. The SMILES string of the molecule is CCC(Oc1c(I)c(C(=O)NC)c(I)c(C(=O)NC)c1I)C(=O)O.CNC[C@H](O)[C@@H](O)[C@H](O)[C@H](O)CO. The molecule has 0 spiro atoms. The summed E-state index contributed by atoms with van der Waals surface area (Å²) < 4.78 is 7.05. The molecule has 2 amide bonds. The van der Waals surface area contributed by atoms with Crippen molar-refractivity contribution in [2.75, 3.05) is 34.3 Å². The van der Waals surface area contributed by atoms with E-state index in [1.54, 1.807) is 14.0 Å². The summed E-state index contributed by atoms with van der Waals surface area (Å²) in [7, 11) is 4.54. The predicted molar refractivity (Wildman–Crippen MR) is 159 cm³/mol. The highest BCUT2D eigenvalue weighted by Gasteiger charge is 2.31. The summed E-state index contributed by atoms with van der Waals surface area (Å²) in [5.41, 5.74) is 0.570. The van der Waals surface area contributed by atoms with Gasteiger partial charge in [0.1, 0.15) is 24.1 Å². The molecule has 212 valence electrons. The highest BCUT2D eigenvalue weighted by atomic mass is 127. The number of hydrogen-bond acceptors (Lipinski definition) is 10. The van der Waals surface area contributed by atoms with Crippen LogP contribution >= 0.6 is 67.8 Å². The molecule has 0 aliphatic carbocycles. The maximum Gasteiger partial charge on any atom is 0.344 e. The van der Waals surface area contributed by atoms with Gasteiger partial charge in [0.2, 0.25) is 0 Å². The number of carbonyl (C=O) groups excluding carboxylic acids is 2. The number of carboxylic acids is 1. The van der Waals surface area contributed by atoms with E-state index in [2.05, 4.69) is 16.0 Å². The quantitative estimate of drug-likeness (QED) is 0.117. The standard InChI is InChI=1S/C14H15I3N2O5.C7H17NO5/c1-4-5(14(22)23)24-11-9(16)6(12(20)18-2)8(15)7(10(11)17)13(21)19-3;1-8-2-4(10)6(12)7(13)5(11)3-9/h5H,4H2,1-3H3,(H,18,20)(H,19,21)(H,22,23);4-13H,2-3H2,1H3/t;4-,5+,6+,7+/m.0/s1. The zero-order valence-corrected chi connectivity index (χ0v) is 26.9. The molecule has 0 aliphatic rings. The number of hydrogen-bond donors (Lipinski definition) is 9. The molecule has 0 saturated heterocycles. The lowest BCUT2D eigenvalue weighted by Crippen LogP contribution is -2.48. The summed E-state index contributed by atoms with van der Waals surface area (Å²) in [5, 5.41) is 61.8. The Bertz CT molecular complexity index is 895. The van der Waals surface area contributed by atoms with E-state index < -0.39 is 43.1 Å². The number of likely N-dealkylation sites (N-methyl/N-ethyl adjacent to an activating group) is 1. The lowest BCUT2D eigenvalue weighted by atomic mass is 10.0. The average Bonchev–Trinajstić information content (AvgIpc) is 2.87. The van der Waals surface area contributed by atoms with E-state index in [0.717, 1.165) is 0 Å². The second-order valence-electron chi connectivity index (χ2n) is 7.39. The van der Waals surface area contributed by atoms with Gasteiger partial charge in [-0.15, -0.1) is 0 Å². The summed E-state index contributed by atoms with van der Waals surface area (Å²) in [4.78, 5) is 35.8. The minimum atomic E-state index is -1.55.